The molecule has 28 heavy (non-hydrogen) atoms. The van der Waals surface area contributed by atoms with Crippen molar-refractivity contribution in [2.24, 2.45) is 0 Å². The van der Waals surface area contributed by atoms with E-state index in [2.05, 4.69) is 68.3 Å². The second-order valence-electron chi connectivity index (χ2n) is 6.80. The van der Waals surface area contributed by atoms with Crippen LogP contribution in [0.4, 0.5) is 0 Å². The van der Waals surface area contributed by atoms with E-state index in [1.807, 2.05) is 48.5 Å². The van der Waals surface area contributed by atoms with Crippen LogP contribution in [0.25, 0.3) is 33.4 Å². The number of halogens is 2. The highest BCUT2D eigenvalue weighted by Crippen LogP contribution is 2.47. The molecule has 4 aromatic rings. The van der Waals surface area contributed by atoms with Gasteiger partial charge in [0.15, 0.2) is 5.78 Å². The summed E-state index contributed by atoms with van der Waals surface area (Å²) in [5.74, 6) is 0.0995. The van der Waals surface area contributed by atoms with Gasteiger partial charge in [0.2, 0.25) is 0 Å². The molecule has 5 rings (SSSR count). The third-order valence-electron chi connectivity index (χ3n) is 5.18. The van der Waals surface area contributed by atoms with E-state index in [-0.39, 0.29) is 5.78 Å². The van der Waals surface area contributed by atoms with Gasteiger partial charge in [-0.3, -0.25) is 4.79 Å². The van der Waals surface area contributed by atoms with Crippen molar-refractivity contribution in [3.8, 4) is 33.4 Å². The zero-order valence-electron chi connectivity index (χ0n) is 14.7. The van der Waals surface area contributed by atoms with Gasteiger partial charge in [0, 0.05) is 25.6 Å². The summed E-state index contributed by atoms with van der Waals surface area (Å²) >= 11 is 7.00. The van der Waals surface area contributed by atoms with Gasteiger partial charge in [0.25, 0.3) is 0 Å². The topological polar surface area (TPSA) is 17.1 Å². The van der Waals surface area contributed by atoms with E-state index >= 15 is 0 Å². The molecule has 134 valence electrons. The van der Waals surface area contributed by atoms with E-state index in [0.717, 1.165) is 53.5 Å². The molecule has 0 atom stereocenters. The second-order valence-corrected chi connectivity index (χ2v) is 8.63. The number of rotatable bonds is 2. The summed E-state index contributed by atoms with van der Waals surface area (Å²) < 4.78 is 2.06. The van der Waals surface area contributed by atoms with Crippen LogP contribution in [0.1, 0.15) is 15.9 Å². The molecule has 3 heteroatoms. The smallest absolute Gasteiger partial charge is 0.194 e. The summed E-state index contributed by atoms with van der Waals surface area (Å²) in [7, 11) is 0. The summed E-state index contributed by atoms with van der Waals surface area (Å²) in [4.78, 5) is 13.4. The van der Waals surface area contributed by atoms with Crippen LogP contribution in [0, 0.1) is 0 Å². The lowest BCUT2D eigenvalue weighted by Crippen LogP contribution is -1.99. The van der Waals surface area contributed by atoms with Crippen molar-refractivity contribution in [1.82, 2.24) is 0 Å². The first-order chi connectivity index (χ1) is 13.6. The van der Waals surface area contributed by atoms with Crippen LogP contribution in [0.2, 0.25) is 0 Å². The predicted molar refractivity (Wildman–Crippen MR) is 122 cm³/mol. The van der Waals surface area contributed by atoms with Crippen LogP contribution < -0.4 is 0 Å². The molecule has 0 saturated carbocycles. The molecule has 0 aliphatic heterocycles. The minimum absolute atomic E-state index is 0.0995. The Hall–Kier alpha value is -2.49. The van der Waals surface area contributed by atoms with E-state index in [9.17, 15) is 4.79 Å². The van der Waals surface area contributed by atoms with Crippen molar-refractivity contribution in [2.75, 3.05) is 0 Å². The Morgan fingerprint density at radius 3 is 1.46 bits per heavy atom. The Morgan fingerprint density at radius 2 is 0.929 bits per heavy atom. The average Bonchev–Trinajstić information content (AvgIpc) is 3.02. The molecule has 0 spiro atoms. The van der Waals surface area contributed by atoms with Gasteiger partial charge in [-0.25, -0.2) is 0 Å². The number of hydrogen-bond donors (Lipinski definition) is 0. The fourth-order valence-corrected chi connectivity index (χ4v) is 4.42. The first-order valence-corrected chi connectivity index (χ1v) is 10.5. The second kappa shape index (κ2) is 6.84. The van der Waals surface area contributed by atoms with Gasteiger partial charge in [-0.05, 0) is 52.1 Å². The molecule has 0 N–H and O–H groups in total. The highest BCUT2D eigenvalue weighted by molar-refractivity contribution is 9.10. The lowest BCUT2D eigenvalue weighted by atomic mass is 9.89. The fraction of sp³-hybridized carbons (Fsp3) is 0. The molecule has 0 saturated heterocycles. The number of carbonyl (C=O) groups excluding carboxylic acids is 1. The molecular formula is C25H14Br2O. The van der Waals surface area contributed by atoms with Gasteiger partial charge in [-0.15, -0.1) is 0 Å². The zero-order chi connectivity index (χ0) is 19.3. The third-order valence-corrected chi connectivity index (χ3v) is 6.24. The van der Waals surface area contributed by atoms with Gasteiger partial charge < -0.3 is 0 Å². The molecule has 0 fully saturated rings. The minimum atomic E-state index is 0.0995. The molecule has 1 aliphatic rings. The van der Waals surface area contributed by atoms with Crippen LogP contribution in [0.5, 0.6) is 0 Å². The van der Waals surface area contributed by atoms with E-state index in [1.165, 1.54) is 0 Å². The van der Waals surface area contributed by atoms with E-state index in [1.54, 1.807) is 0 Å². The number of fused-ring (bicyclic) bond motifs is 3. The summed E-state index contributed by atoms with van der Waals surface area (Å²) in [6.07, 6.45) is 0. The Balaban J connectivity index is 1.82. The van der Waals surface area contributed by atoms with Gasteiger partial charge in [0.05, 0.1) is 0 Å². The van der Waals surface area contributed by atoms with Crippen molar-refractivity contribution < 1.29 is 4.79 Å². The molecule has 1 aliphatic carbocycles. The summed E-state index contributed by atoms with van der Waals surface area (Å²) in [6, 6.07) is 28.5. The standard InChI is InChI=1S/C25H14Br2O/c26-17-9-5-15(6-10-17)19-13-14-20(16-7-11-18(27)12-8-16)24-23(19)21-3-1-2-4-22(21)25(24)28/h1-14H. The van der Waals surface area contributed by atoms with Crippen molar-refractivity contribution >= 4 is 37.6 Å². The quantitative estimate of drug-likeness (QED) is 0.247. The van der Waals surface area contributed by atoms with Crippen LogP contribution in [-0.2, 0) is 0 Å². The van der Waals surface area contributed by atoms with Crippen molar-refractivity contribution in [1.29, 1.82) is 0 Å². The lowest BCUT2D eigenvalue weighted by Gasteiger charge is -2.14. The first kappa shape index (κ1) is 17.6. The van der Waals surface area contributed by atoms with Crippen LogP contribution in [-0.4, -0.2) is 5.78 Å². The van der Waals surface area contributed by atoms with Crippen LogP contribution in [0.15, 0.2) is 93.9 Å². The van der Waals surface area contributed by atoms with Crippen LogP contribution in [0.3, 0.4) is 0 Å². The Bertz CT molecular complexity index is 1220. The lowest BCUT2D eigenvalue weighted by molar-refractivity contribution is 0.104. The Kier molecular flexibility index (Phi) is 4.30. The van der Waals surface area contributed by atoms with Crippen LogP contribution >= 0.6 is 31.9 Å². The zero-order valence-corrected chi connectivity index (χ0v) is 17.9. The minimum Gasteiger partial charge on any atom is -0.289 e. The van der Waals surface area contributed by atoms with Gasteiger partial charge in [-0.2, -0.15) is 0 Å². The maximum atomic E-state index is 13.4. The highest BCUT2D eigenvalue weighted by Gasteiger charge is 2.31. The highest BCUT2D eigenvalue weighted by atomic mass is 79.9. The first-order valence-electron chi connectivity index (χ1n) is 8.96. The normalized spacial score (nSPS) is 12.0. The summed E-state index contributed by atoms with van der Waals surface area (Å²) in [5, 5.41) is 0. The maximum absolute atomic E-state index is 13.4. The molecular weight excluding hydrogens is 476 g/mol. The molecule has 1 nitrogen and oxygen atoms in total. The SMILES string of the molecule is O=C1c2ccccc2-c2c(-c3ccc(Br)cc3)ccc(-c3ccc(Br)cc3)c21. The Morgan fingerprint density at radius 1 is 0.464 bits per heavy atom. The predicted octanol–water partition coefficient (Wildman–Crippen LogP) is 7.76. The molecule has 0 heterocycles. The van der Waals surface area contributed by atoms with Gasteiger partial charge >= 0.3 is 0 Å². The number of hydrogen-bond acceptors (Lipinski definition) is 1. The molecule has 0 aromatic heterocycles. The average molecular weight is 490 g/mol. The number of benzene rings is 4. The number of ketones is 1. The largest absolute Gasteiger partial charge is 0.289 e. The number of carbonyl (C=O) groups is 1. The molecule has 0 radical (unpaired) electrons. The Labute approximate surface area is 180 Å². The molecule has 0 unspecified atom stereocenters. The molecule has 4 aromatic carbocycles. The van der Waals surface area contributed by atoms with Crippen molar-refractivity contribution in [3.63, 3.8) is 0 Å². The summed E-state index contributed by atoms with van der Waals surface area (Å²) in [5.41, 5.74) is 7.83. The molecule has 0 amide bonds. The van der Waals surface area contributed by atoms with E-state index in [4.69, 9.17) is 0 Å². The van der Waals surface area contributed by atoms with Crippen molar-refractivity contribution in [2.45, 2.75) is 0 Å². The van der Waals surface area contributed by atoms with Crippen molar-refractivity contribution in [3.05, 3.63) is 105 Å². The fourth-order valence-electron chi connectivity index (χ4n) is 3.89. The van der Waals surface area contributed by atoms with E-state index < -0.39 is 0 Å². The van der Waals surface area contributed by atoms with Gasteiger partial charge in [0.1, 0.15) is 0 Å². The maximum Gasteiger partial charge on any atom is 0.194 e. The van der Waals surface area contributed by atoms with E-state index in [0.29, 0.717) is 0 Å². The summed E-state index contributed by atoms with van der Waals surface area (Å²) in [6.45, 7) is 0. The van der Waals surface area contributed by atoms with Gasteiger partial charge in [-0.1, -0.05) is 92.5 Å². The molecule has 0 bridgehead atoms. The monoisotopic (exact) mass is 488 g/mol. The third kappa shape index (κ3) is 2.78.